The first-order valence-electron chi connectivity index (χ1n) is 11.2. The highest BCUT2D eigenvalue weighted by Crippen LogP contribution is 2.40. The molecule has 1 atom stereocenters. The number of alkyl halides is 3. The van der Waals surface area contributed by atoms with Crippen LogP contribution in [0.3, 0.4) is 0 Å². The molecule has 35 heavy (non-hydrogen) atoms. The van der Waals surface area contributed by atoms with Gasteiger partial charge in [0.1, 0.15) is 6.61 Å². The molecule has 0 saturated carbocycles. The van der Waals surface area contributed by atoms with Crippen LogP contribution in [-0.2, 0) is 27.0 Å². The Balaban J connectivity index is 1.83. The fourth-order valence-corrected chi connectivity index (χ4v) is 4.31. The number of esters is 1. The summed E-state index contributed by atoms with van der Waals surface area (Å²) >= 11 is 0. The van der Waals surface area contributed by atoms with Crippen LogP contribution in [0.25, 0.3) is 0 Å². The van der Waals surface area contributed by atoms with Crippen molar-refractivity contribution in [2.24, 2.45) is 0 Å². The zero-order valence-electron chi connectivity index (χ0n) is 20.2. The number of rotatable bonds is 8. The second-order valence-electron chi connectivity index (χ2n) is 8.67. The van der Waals surface area contributed by atoms with Gasteiger partial charge in [0.15, 0.2) is 5.78 Å². The largest absolute Gasteiger partial charge is 0.461 e. The third-order valence-electron chi connectivity index (χ3n) is 5.91. The minimum atomic E-state index is -4.55. The molecular formula is C27H29F3N2O3. The van der Waals surface area contributed by atoms with Gasteiger partial charge in [0, 0.05) is 36.0 Å². The van der Waals surface area contributed by atoms with Crippen molar-refractivity contribution in [3.05, 3.63) is 93.8 Å². The molecule has 0 radical (unpaired) electrons. The fraction of sp³-hybridized carbons (Fsp3) is 0.333. The Kier molecular flexibility index (Phi) is 8.17. The molecule has 0 amide bonds. The van der Waals surface area contributed by atoms with Gasteiger partial charge < -0.3 is 10.1 Å². The van der Waals surface area contributed by atoms with Crippen LogP contribution < -0.4 is 5.32 Å². The van der Waals surface area contributed by atoms with Crippen LogP contribution in [0.2, 0.25) is 0 Å². The summed E-state index contributed by atoms with van der Waals surface area (Å²) < 4.78 is 45.7. The van der Waals surface area contributed by atoms with E-state index in [9.17, 15) is 22.8 Å². The van der Waals surface area contributed by atoms with Gasteiger partial charge in [-0.1, -0.05) is 48.5 Å². The number of ether oxygens (including phenoxy) is 1. The van der Waals surface area contributed by atoms with Crippen molar-refractivity contribution in [3.63, 3.8) is 0 Å². The monoisotopic (exact) mass is 486 g/mol. The molecule has 186 valence electrons. The minimum Gasteiger partial charge on any atom is -0.461 e. The molecule has 8 heteroatoms. The van der Waals surface area contributed by atoms with Crippen molar-refractivity contribution < 1.29 is 27.5 Å². The summed E-state index contributed by atoms with van der Waals surface area (Å²) in [5.41, 5.74) is 1.79. The summed E-state index contributed by atoms with van der Waals surface area (Å²) in [5.74, 6) is -1.97. The van der Waals surface area contributed by atoms with Gasteiger partial charge in [-0.3, -0.25) is 9.69 Å². The number of ketones is 1. The number of hydrogen-bond donors (Lipinski definition) is 1. The second kappa shape index (κ2) is 10.9. The Morgan fingerprint density at radius 2 is 1.66 bits per heavy atom. The van der Waals surface area contributed by atoms with Gasteiger partial charge in [0.2, 0.25) is 0 Å². The van der Waals surface area contributed by atoms with Crippen molar-refractivity contribution in [1.82, 2.24) is 10.2 Å². The second-order valence-corrected chi connectivity index (χ2v) is 8.67. The van der Waals surface area contributed by atoms with Gasteiger partial charge in [-0.25, -0.2) is 4.79 Å². The van der Waals surface area contributed by atoms with Crippen LogP contribution in [0.1, 0.15) is 43.4 Å². The van der Waals surface area contributed by atoms with Gasteiger partial charge in [-0.15, -0.1) is 0 Å². The molecule has 2 aromatic rings. The van der Waals surface area contributed by atoms with E-state index in [4.69, 9.17) is 4.74 Å². The Bertz CT molecular complexity index is 1150. The number of nitrogens with zero attached hydrogens (tertiary/aromatic N) is 1. The molecule has 0 saturated heterocycles. The van der Waals surface area contributed by atoms with Gasteiger partial charge in [0.05, 0.1) is 11.1 Å². The predicted octanol–water partition coefficient (Wildman–Crippen LogP) is 5.20. The third-order valence-corrected chi connectivity index (χ3v) is 5.91. The molecule has 0 spiro atoms. The summed E-state index contributed by atoms with van der Waals surface area (Å²) in [7, 11) is 1.90. The number of likely N-dealkylation sites (N-methyl/N-ethyl adjacent to an activating group) is 1. The number of carbonyl (C=O) groups is 2. The topological polar surface area (TPSA) is 58.6 Å². The number of halogens is 3. The molecule has 5 nitrogen and oxygen atoms in total. The number of Topliss-reactive ketones (excluding diaryl/α,β-unsaturated/α-hetero) is 1. The Hall–Kier alpha value is -3.39. The average Bonchev–Trinajstić information content (AvgIpc) is 2.78. The molecule has 0 bridgehead atoms. The lowest BCUT2D eigenvalue weighted by molar-refractivity contribution is -0.139. The minimum absolute atomic E-state index is 0.0896. The van der Waals surface area contributed by atoms with Crippen molar-refractivity contribution in [1.29, 1.82) is 0 Å². The molecule has 0 fully saturated rings. The molecule has 0 aromatic heterocycles. The molecule has 1 heterocycles. The first-order valence-corrected chi connectivity index (χ1v) is 11.2. The van der Waals surface area contributed by atoms with Crippen molar-refractivity contribution >= 4 is 11.8 Å². The first kappa shape index (κ1) is 26.2. The standard InChI is InChI=1S/C27H29F3N2O3/c1-17-23(19(3)33)25(21-11-8-12-22(15-21)27(28,29)30)24(18(2)31-17)26(34)35-14-13-32(4)16-20-9-6-5-7-10-20/h5-12,15,25,31H,13-14,16H2,1-4H3. The quantitative estimate of drug-likeness (QED) is 0.520. The molecule has 1 N–H and O–H groups in total. The zero-order chi connectivity index (χ0) is 25.8. The summed E-state index contributed by atoms with van der Waals surface area (Å²) in [6.07, 6.45) is -4.55. The fourth-order valence-electron chi connectivity index (χ4n) is 4.31. The maximum atomic E-state index is 13.4. The van der Waals surface area contributed by atoms with E-state index in [0.29, 0.717) is 24.5 Å². The normalized spacial score (nSPS) is 16.4. The lowest BCUT2D eigenvalue weighted by Crippen LogP contribution is -2.32. The van der Waals surface area contributed by atoms with Crippen LogP contribution in [0.5, 0.6) is 0 Å². The first-order chi connectivity index (χ1) is 16.5. The van der Waals surface area contributed by atoms with Gasteiger partial charge in [-0.05, 0) is 45.0 Å². The van der Waals surface area contributed by atoms with Crippen molar-refractivity contribution in [2.45, 2.75) is 39.4 Å². The van der Waals surface area contributed by atoms with E-state index in [-0.39, 0.29) is 29.1 Å². The SMILES string of the molecule is CC(=O)C1=C(C)NC(C)=C(C(=O)OCCN(C)Cc2ccccc2)C1c1cccc(C(F)(F)F)c1. The summed E-state index contributed by atoms with van der Waals surface area (Å²) in [4.78, 5) is 27.7. The Labute approximate surface area is 203 Å². The molecule has 1 aliphatic heterocycles. The van der Waals surface area contributed by atoms with E-state index in [0.717, 1.165) is 17.7 Å². The third kappa shape index (κ3) is 6.39. The lowest BCUT2D eigenvalue weighted by Gasteiger charge is -2.31. The Morgan fingerprint density at radius 1 is 1.00 bits per heavy atom. The zero-order valence-corrected chi connectivity index (χ0v) is 20.2. The van der Waals surface area contributed by atoms with Gasteiger partial charge in [0.25, 0.3) is 0 Å². The average molecular weight is 487 g/mol. The summed E-state index contributed by atoms with van der Waals surface area (Å²) in [6, 6.07) is 14.6. The van der Waals surface area contributed by atoms with Crippen LogP contribution in [0.4, 0.5) is 13.2 Å². The summed E-state index contributed by atoms with van der Waals surface area (Å²) in [6.45, 7) is 5.88. The smallest absolute Gasteiger partial charge is 0.416 e. The van der Waals surface area contributed by atoms with Crippen LogP contribution in [0, 0.1) is 0 Å². The Morgan fingerprint density at radius 3 is 2.29 bits per heavy atom. The maximum absolute atomic E-state index is 13.4. The highest BCUT2D eigenvalue weighted by Gasteiger charge is 2.37. The highest BCUT2D eigenvalue weighted by molar-refractivity contribution is 6.02. The van der Waals surface area contributed by atoms with Crippen LogP contribution >= 0.6 is 0 Å². The van der Waals surface area contributed by atoms with E-state index in [1.54, 1.807) is 13.8 Å². The van der Waals surface area contributed by atoms with Crippen LogP contribution in [-0.4, -0.2) is 36.9 Å². The number of hydrogen-bond acceptors (Lipinski definition) is 5. The summed E-state index contributed by atoms with van der Waals surface area (Å²) in [5, 5.41) is 3.02. The van der Waals surface area contributed by atoms with E-state index >= 15 is 0 Å². The molecule has 3 rings (SSSR count). The number of allylic oxidation sites excluding steroid dienone is 3. The number of benzene rings is 2. The van der Waals surface area contributed by atoms with E-state index in [1.165, 1.54) is 19.1 Å². The molecule has 2 aromatic carbocycles. The van der Waals surface area contributed by atoms with E-state index in [2.05, 4.69) is 5.32 Å². The number of nitrogens with one attached hydrogen (secondary N) is 1. The van der Waals surface area contributed by atoms with Crippen LogP contribution in [0.15, 0.2) is 77.1 Å². The molecule has 0 aliphatic carbocycles. The molecule has 1 aliphatic rings. The molecule has 1 unspecified atom stereocenters. The lowest BCUT2D eigenvalue weighted by atomic mass is 9.78. The highest BCUT2D eigenvalue weighted by atomic mass is 19.4. The van der Waals surface area contributed by atoms with Crippen molar-refractivity contribution in [2.75, 3.05) is 20.2 Å². The van der Waals surface area contributed by atoms with Gasteiger partial charge >= 0.3 is 12.1 Å². The van der Waals surface area contributed by atoms with E-state index < -0.39 is 23.6 Å². The van der Waals surface area contributed by atoms with E-state index in [1.807, 2.05) is 42.3 Å². The van der Waals surface area contributed by atoms with Crippen molar-refractivity contribution in [3.8, 4) is 0 Å². The number of dihydropyridines is 1. The predicted molar refractivity (Wildman–Crippen MR) is 127 cm³/mol. The number of carbonyl (C=O) groups excluding carboxylic acids is 2. The van der Waals surface area contributed by atoms with Gasteiger partial charge in [-0.2, -0.15) is 13.2 Å². The molecular weight excluding hydrogens is 457 g/mol. The maximum Gasteiger partial charge on any atom is 0.416 e.